The van der Waals surface area contributed by atoms with Gasteiger partial charge in [0.15, 0.2) is 0 Å². The monoisotopic (exact) mass is 299 g/mol. The predicted octanol–water partition coefficient (Wildman–Crippen LogP) is 1.07. The van der Waals surface area contributed by atoms with E-state index in [1.807, 2.05) is 32.0 Å². The molecule has 1 aromatic carbocycles. The van der Waals surface area contributed by atoms with Crippen LogP contribution in [0.2, 0.25) is 0 Å². The maximum atomic E-state index is 12.4. The maximum Gasteiger partial charge on any atom is 0.241 e. The molecule has 3 N–H and O–H groups in total. The molecule has 0 saturated heterocycles. The topological polar surface area (TPSA) is 75.4 Å². The van der Waals surface area contributed by atoms with E-state index in [0.717, 1.165) is 24.1 Å². The van der Waals surface area contributed by atoms with Crippen LogP contribution in [0.4, 0.5) is 0 Å². The molecule has 5 nitrogen and oxygen atoms in total. The molecule has 0 bridgehead atoms. The fourth-order valence-corrected chi connectivity index (χ4v) is 3.47. The van der Waals surface area contributed by atoms with Crippen LogP contribution >= 0.6 is 0 Å². The highest BCUT2D eigenvalue weighted by atomic mass is 32.2. The average molecular weight is 299 g/mol. The summed E-state index contributed by atoms with van der Waals surface area (Å²) in [4.78, 5) is 2.35. The first-order chi connectivity index (χ1) is 9.26. The molecule has 0 aliphatic heterocycles. The Balaban J connectivity index is 2.88. The number of nitrogens with two attached hydrogens (primary N) is 1. The fraction of sp³-hybridized carbons (Fsp3) is 0.571. The minimum absolute atomic E-state index is 0.108. The Bertz CT molecular complexity index is 541. The predicted molar refractivity (Wildman–Crippen MR) is 82.0 cm³/mol. The summed E-state index contributed by atoms with van der Waals surface area (Å²) < 4.78 is 27.5. The smallest absolute Gasteiger partial charge is 0.241 e. The number of nitrogens with one attached hydrogen (secondary N) is 1. The zero-order chi connectivity index (χ0) is 15.3. The van der Waals surface area contributed by atoms with Crippen LogP contribution in [0.3, 0.4) is 0 Å². The van der Waals surface area contributed by atoms with Gasteiger partial charge in [-0.25, -0.2) is 13.1 Å². The number of aryl methyl sites for hydroxylation is 1. The molecule has 6 heteroatoms. The Morgan fingerprint density at radius 3 is 2.55 bits per heavy atom. The molecule has 0 spiro atoms. The van der Waals surface area contributed by atoms with Gasteiger partial charge in [-0.3, -0.25) is 0 Å². The van der Waals surface area contributed by atoms with E-state index in [-0.39, 0.29) is 6.04 Å². The summed E-state index contributed by atoms with van der Waals surface area (Å²) in [7, 11) is 0.442. The number of sulfonamides is 1. The van der Waals surface area contributed by atoms with Crippen LogP contribution in [0.1, 0.15) is 24.5 Å². The number of hydrogen-bond acceptors (Lipinski definition) is 4. The van der Waals surface area contributed by atoms with E-state index in [0.29, 0.717) is 11.4 Å². The quantitative estimate of drug-likeness (QED) is 0.790. The number of nitrogens with zero attached hydrogens (tertiary/aromatic N) is 1. The molecule has 0 radical (unpaired) electrons. The van der Waals surface area contributed by atoms with E-state index in [2.05, 4.69) is 4.72 Å². The molecule has 0 aliphatic rings. The number of hydrogen-bond donors (Lipinski definition) is 2. The highest BCUT2D eigenvalue weighted by molar-refractivity contribution is 7.89. The third-order valence-corrected chi connectivity index (χ3v) is 4.87. The van der Waals surface area contributed by atoms with E-state index in [1.54, 1.807) is 19.1 Å². The van der Waals surface area contributed by atoms with Gasteiger partial charge >= 0.3 is 0 Å². The lowest BCUT2D eigenvalue weighted by molar-refractivity contribution is 0.379. The summed E-state index contributed by atoms with van der Waals surface area (Å²) in [5.41, 5.74) is 7.12. The van der Waals surface area contributed by atoms with Crippen LogP contribution in [0.25, 0.3) is 0 Å². The Hall–Kier alpha value is -0.950. The van der Waals surface area contributed by atoms with Gasteiger partial charge in [-0.1, -0.05) is 12.1 Å². The Morgan fingerprint density at radius 1 is 1.35 bits per heavy atom. The molecule has 1 aromatic rings. The van der Waals surface area contributed by atoms with Crippen molar-refractivity contribution in [3.05, 3.63) is 29.3 Å². The molecule has 0 aliphatic carbocycles. The molecular weight excluding hydrogens is 274 g/mol. The van der Waals surface area contributed by atoms with E-state index in [9.17, 15) is 8.42 Å². The normalized spacial score (nSPS) is 13.7. The van der Waals surface area contributed by atoms with E-state index in [1.165, 1.54) is 0 Å². The first-order valence-electron chi connectivity index (χ1n) is 6.73. The molecule has 0 amide bonds. The zero-order valence-electron chi connectivity index (χ0n) is 12.7. The standard InChI is InChI=1S/C14H25N3O2S/c1-11-5-6-13(10-15)9-14(11)20(18,19)16-12(2)7-8-17(3)4/h5-6,9,12,16H,7-8,10,15H2,1-4H3. The Kier molecular flexibility index (Phi) is 6.13. The van der Waals surface area contributed by atoms with Crippen LogP contribution in [-0.4, -0.2) is 40.0 Å². The van der Waals surface area contributed by atoms with Crippen LogP contribution in [0, 0.1) is 6.92 Å². The highest BCUT2D eigenvalue weighted by Gasteiger charge is 2.19. The van der Waals surface area contributed by atoms with Crippen molar-refractivity contribution >= 4 is 10.0 Å². The van der Waals surface area contributed by atoms with Crippen molar-refractivity contribution < 1.29 is 8.42 Å². The molecule has 1 unspecified atom stereocenters. The van der Waals surface area contributed by atoms with Gasteiger partial charge in [-0.15, -0.1) is 0 Å². The molecule has 20 heavy (non-hydrogen) atoms. The van der Waals surface area contributed by atoms with Crippen molar-refractivity contribution in [3.63, 3.8) is 0 Å². The van der Waals surface area contributed by atoms with Crippen molar-refractivity contribution in [2.75, 3.05) is 20.6 Å². The fourth-order valence-electron chi connectivity index (χ4n) is 1.90. The second kappa shape index (κ2) is 7.17. The molecular formula is C14H25N3O2S. The van der Waals surface area contributed by atoms with Gasteiger partial charge in [-0.05, 0) is 58.1 Å². The van der Waals surface area contributed by atoms with Crippen molar-refractivity contribution in [1.82, 2.24) is 9.62 Å². The first-order valence-corrected chi connectivity index (χ1v) is 8.21. The minimum Gasteiger partial charge on any atom is -0.326 e. The summed E-state index contributed by atoms with van der Waals surface area (Å²) in [5.74, 6) is 0. The van der Waals surface area contributed by atoms with Gasteiger partial charge in [0.25, 0.3) is 0 Å². The third-order valence-electron chi connectivity index (χ3n) is 3.14. The van der Waals surface area contributed by atoms with Gasteiger partial charge in [0.1, 0.15) is 0 Å². The molecule has 114 valence electrons. The summed E-state index contributed by atoms with van der Waals surface area (Å²) in [6, 6.07) is 5.19. The molecule has 0 aromatic heterocycles. The summed E-state index contributed by atoms with van der Waals surface area (Å²) in [5, 5.41) is 0. The zero-order valence-corrected chi connectivity index (χ0v) is 13.5. The lowest BCUT2D eigenvalue weighted by atomic mass is 10.1. The van der Waals surface area contributed by atoms with Gasteiger partial charge in [0.2, 0.25) is 10.0 Å². The van der Waals surface area contributed by atoms with Crippen molar-refractivity contribution in [1.29, 1.82) is 0 Å². The summed E-state index contributed by atoms with van der Waals surface area (Å²) in [6.07, 6.45) is 0.766. The van der Waals surface area contributed by atoms with E-state index < -0.39 is 10.0 Å². The van der Waals surface area contributed by atoms with Gasteiger partial charge in [0, 0.05) is 12.6 Å². The number of benzene rings is 1. The molecule has 0 saturated carbocycles. The van der Waals surface area contributed by atoms with Crippen LogP contribution < -0.4 is 10.5 Å². The van der Waals surface area contributed by atoms with E-state index >= 15 is 0 Å². The van der Waals surface area contributed by atoms with Crippen molar-refractivity contribution in [3.8, 4) is 0 Å². The minimum atomic E-state index is -3.49. The third kappa shape index (κ3) is 4.86. The summed E-state index contributed by atoms with van der Waals surface area (Å²) >= 11 is 0. The molecule has 1 atom stereocenters. The molecule has 0 heterocycles. The van der Waals surface area contributed by atoms with Crippen molar-refractivity contribution in [2.24, 2.45) is 5.73 Å². The van der Waals surface area contributed by atoms with Crippen molar-refractivity contribution in [2.45, 2.75) is 37.8 Å². The van der Waals surface area contributed by atoms with Crippen LogP contribution in [0.15, 0.2) is 23.1 Å². The molecule has 0 fully saturated rings. The van der Waals surface area contributed by atoms with E-state index in [4.69, 9.17) is 5.73 Å². The first kappa shape index (κ1) is 17.1. The van der Waals surface area contributed by atoms with Gasteiger partial charge in [0.05, 0.1) is 4.90 Å². The van der Waals surface area contributed by atoms with Crippen LogP contribution in [-0.2, 0) is 16.6 Å². The second-order valence-corrected chi connectivity index (χ2v) is 7.10. The second-order valence-electron chi connectivity index (χ2n) is 5.42. The lowest BCUT2D eigenvalue weighted by Gasteiger charge is -2.18. The van der Waals surface area contributed by atoms with Crippen LogP contribution in [0.5, 0.6) is 0 Å². The highest BCUT2D eigenvalue weighted by Crippen LogP contribution is 2.17. The number of rotatable bonds is 7. The average Bonchev–Trinajstić information content (AvgIpc) is 2.36. The van der Waals surface area contributed by atoms with Gasteiger partial charge < -0.3 is 10.6 Å². The lowest BCUT2D eigenvalue weighted by Crippen LogP contribution is -2.35. The largest absolute Gasteiger partial charge is 0.326 e. The summed E-state index contributed by atoms with van der Waals surface area (Å²) in [6.45, 7) is 4.84. The SMILES string of the molecule is Cc1ccc(CN)cc1S(=O)(=O)NC(C)CCN(C)C. The Labute approximate surface area is 122 Å². The molecule has 1 rings (SSSR count). The van der Waals surface area contributed by atoms with Gasteiger partial charge in [-0.2, -0.15) is 0 Å². The maximum absolute atomic E-state index is 12.4. The Morgan fingerprint density at radius 2 is 2.00 bits per heavy atom.